The van der Waals surface area contributed by atoms with Gasteiger partial charge < -0.3 is 10.2 Å². The van der Waals surface area contributed by atoms with Crippen molar-refractivity contribution >= 4 is 11.8 Å². The van der Waals surface area contributed by atoms with Crippen molar-refractivity contribution in [3.8, 4) is 0 Å². The Kier molecular flexibility index (Phi) is 8.58. The van der Waals surface area contributed by atoms with Crippen LogP contribution < -0.4 is 16.2 Å². The van der Waals surface area contributed by atoms with E-state index in [-0.39, 0.29) is 35.6 Å². The zero-order valence-corrected chi connectivity index (χ0v) is 19.9. The highest BCUT2D eigenvalue weighted by atomic mass is 19.1. The van der Waals surface area contributed by atoms with Crippen molar-refractivity contribution in [3.63, 3.8) is 0 Å². The van der Waals surface area contributed by atoms with E-state index in [1.807, 2.05) is 45.0 Å². The molecule has 2 aromatic carbocycles. The molecule has 1 aliphatic heterocycles. The molecule has 3 atom stereocenters. The van der Waals surface area contributed by atoms with Crippen LogP contribution in [0.1, 0.15) is 60.6 Å². The van der Waals surface area contributed by atoms with Gasteiger partial charge in [0.15, 0.2) is 0 Å². The Bertz CT molecular complexity index is 965. The smallest absolute Gasteiger partial charge is 0.252 e. The SMILES string of the molecule is Cc1ccccc1C(=O)NC(C(=O)N(C)CCCC1CC(c2cccc(F)c2)NN1)C(C)C. The maximum Gasteiger partial charge on any atom is 0.252 e. The van der Waals surface area contributed by atoms with E-state index >= 15 is 0 Å². The van der Waals surface area contributed by atoms with Gasteiger partial charge in [-0.2, -0.15) is 0 Å². The first kappa shape index (κ1) is 24.9. The van der Waals surface area contributed by atoms with Gasteiger partial charge in [-0.1, -0.05) is 44.2 Å². The van der Waals surface area contributed by atoms with Gasteiger partial charge in [-0.15, -0.1) is 0 Å². The van der Waals surface area contributed by atoms with Crippen molar-refractivity contribution in [1.82, 2.24) is 21.1 Å². The molecule has 0 saturated carbocycles. The summed E-state index contributed by atoms with van der Waals surface area (Å²) in [7, 11) is 1.79. The fourth-order valence-electron chi connectivity index (χ4n) is 4.24. The number of rotatable bonds is 9. The number of hydrogen-bond donors (Lipinski definition) is 3. The van der Waals surface area contributed by atoms with Gasteiger partial charge in [-0.3, -0.25) is 20.4 Å². The molecule has 2 amide bonds. The number of hydrogen-bond acceptors (Lipinski definition) is 4. The van der Waals surface area contributed by atoms with Gasteiger partial charge in [0.2, 0.25) is 5.91 Å². The maximum atomic E-state index is 13.5. The molecule has 7 heteroatoms. The van der Waals surface area contributed by atoms with Gasteiger partial charge in [-0.25, -0.2) is 4.39 Å². The Morgan fingerprint density at radius 1 is 1.15 bits per heavy atom. The Morgan fingerprint density at radius 3 is 2.61 bits per heavy atom. The highest BCUT2D eigenvalue weighted by Crippen LogP contribution is 2.24. The largest absolute Gasteiger partial charge is 0.344 e. The van der Waals surface area contributed by atoms with Gasteiger partial charge in [0, 0.05) is 31.2 Å². The normalized spacial score (nSPS) is 18.8. The second-order valence-corrected chi connectivity index (χ2v) is 9.24. The first-order valence-electron chi connectivity index (χ1n) is 11.6. The lowest BCUT2D eigenvalue weighted by atomic mass is 9.99. The number of halogens is 1. The summed E-state index contributed by atoms with van der Waals surface area (Å²) in [5.74, 6) is -0.562. The Labute approximate surface area is 195 Å². The standard InChI is InChI=1S/C26H35FN4O2/c1-17(2)24(28-25(32)22-13-6-5-9-18(22)3)26(33)31(4)14-8-12-21-16-23(30-29-21)19-10-7-11-20(27)15-19/h5-7,9-11,13,15,17,21,23-24,29-30H,8,12,14,16H2,1-4H3,(H,28,32). The minimum atomic E-state index is -0.578. The summed E-state index contributed by atoms with van der Waals surface area (Å²) in [6.45, 7) is 6.37. The van der Waals surface area contributed by atoms with Crippen LogP contribution in [0, 0.1) is 18.7 Å². The van der Waals surface area contributed by atoms with Crippen LogP contribution in [0.3, 0.4) is 0 Å². The van der Waals surface area contributed by atoms with Crippen molar-refractivity contribution in [2.45, 2.75) is 58.2 Å². The minimum absolute atomic E-state index is 0.0272. The van der Waals surface area contributed by atoms with Gasteiger partial charge in [0.25, 0.3) is 5.91 Å². The van der Waals surface area contributed by atoms with E-state index in [1.165, 1.54) is 6.07 Å². The molecule has 0 bridgehead atoms. The monoisotopic (exact) mass is 454 g/mol. The van der Waals surface area contributed by atoms with E-state index in [0.717, 1.165) is 30.4 Å². The maximum absolute atomic E-state index is 13.5. The van der Waals surface area contributed by atoms with Crippen LogP contribution in [0.2, 0.25) is 0 Å². The summed E-state index contributed by atoms with van der Waals surface area (Å²) in [5, 5.41) is 2.93. The van der Waals surface area contributed by atoms with Crippen molar-refractivity contribution in [2.75, 3.05) is 13.6 Å². The number of nitrogens with zero attached hydrogens (tertiary/aromatic N) is 1. The van der Waals surface area contributed by atoms with Crippen LogP contribution in [0.4, 0.5) is 4.39 Å². The molecule has 0 radical (unpaired) electrons. The first-order valence-corrected chi connectivity index (χ1v) is 11.6. The van der Waals surface area contributed by atoms with Crippen molar-refractivity contribution in [3.05, 3.63) is 71.0 Å². The van der Waals surface area contributed by atoms with E-state index in [4.69, 9.17) is 0 Å². The highest BCUT2D eigenvalue weighted by Gasteiger charge is 2.28. The predicted molar refractivity (Wildman–Crippen MR) is 128 cm³/mol. The third-order valence-corrected chi connectivity index (χ3v) is 6.26. The second kappa shape index (κ2) is 11.4. The molecule has 0 aromatic heterocycles. The third kappa shape index (κ3) is 6.62. The number of nitrogens with one attached hydrogen (secondary N) is 3. The molecule has 1 aliphatic rings. The van der Waals surface area contributed by atoms with Crippen LogP contribution in [-0.2, 0) is 4.79 Å². The molecule has 0 aliphatic carbocycles. The molecular formula is C26H35FN4O2. The molecule has 6 nitrogen and oxygen atoms in total. The molecule has 2 aromatic rings. The molecular weight excluding hydrogens is 419 g/mol. The minimum Gasteiger partial charge on any atom is -0.344 e. The fraction of sp³-hybridized carbons (Fsp3) is 0.462. The lowest BCUT2D eigenvalue weighted by Crippen LogP contribution is -2.50. The van der Waals surface area contributed by atoms with Crippen molar-refractivity contribution in [2.24, 2.45) is 5.92 Å². The first-order chi connectivity index (χ1) is 15.8. The average Bonchev–Trinajstić information content (AvgIpc) is 3.26. The van der Waals surface area contributed by atoms with E-state index in [9.17, 15) is 14.0 Å². The van der Waals surface area contributed by atoms with Crippen LogP contribution >= 0.6 is 0 Å². The number of benzene rings is 2. The molecule has 3 unspecified atom stereocenters. The van der Waals surface area contributed by atoms with E-state index in [2.05, 4.69) is 16.2 Å². The average molecular weight is 455 g/mol. The fourth-order valence-corrected chi connectivity index (χ4v) is 4.24. The summed E-state index contributed by atoms with van der Waals surface area (Å²) >= 11 is 0. The number of hydrazine groups is 1. The molecule has 33 heavy (non-hydrogen) atoms. The predicted octanol–water partition coefficient (Wildman–Crippen LogP) is 3.73. The number of carbonyl (C=O) groups excluding carboxylic acids is 2. The van der Waals surface area contributed by atoms with E-state index < -0.39 is 6.04 Å². The lowest BCUT2D eigenvalue weighted by molar-refractivity contribution is -0.133. The van der Waals surface area contributed by atoms with Crippen LogP contribution in [0.15, 0.2) is 48.5 Å². The Balaban J connectivity index is 1.48. The summed E-state index contributed by atoms with van der Waals surface area (Å²) in [6.07, 6.45) is 2.58. The van der Waals surface area contributed by atoms with Gasteiger partial charge >= 0.3 is 0 Å². The zero-order chi connectivity index (χ0) is 24.0. The topological polar surface area (TPSA) is 73.5 Å². The summed E-state index contributed by atoms with van der Waals surface area (Å²) in [5.41, 5.74) is 8.93. The van der Waals surface area contributed by atoms with Crippen LogP contribution in [0.5, 0.6) is 0 Å². The summed E-state index contributed by atoms with van der Waals surface area (Å²) in [4.78, 5) is 27.5. The van der Waals surface area contributed by atoms with Gasteiger partial charge in [-0.05, 0) is 61.4 Å². The molecule has 1 saturated heterocycles. The molecule has 3 N–H and O–H groups in total. The number of carbonyl (C=O) groups is 2. The highest BCUT2D eigenvalue weighted by molar-refractivity contribution is 5.98. The number of amides is 2. The summed E-state index contributed by atoms with van der Waals surface area (Å²) < 4.78 is 13.5. The third-order valence-electron chi connectivity index (χ3n) is 6.26. The molecule has 1 fully saturated rings. The quantitative estimate of drug-likeness (QED) is 0.540. The van der Waals surface area contributed by atoms with Crippen molar-refractivity contribution in [1.29, 1.82) is 0 Å². The van der Waals surface area contributed by atoms with Crippen LogP contribution in [0.25, 0.3) is 0 Å². The molecule has 1 heterocycles. The summed E-state index contributed by atoms with van der Waals surface area (Å²) in [6, 6.07) is 13.8. The van der Waals surface area contributed by atoms with Crippen molar-refractivity contribution < 1.29 is 14.0 Å². The van der Waals surface area contributed by atoms with E-state index in [1.54, 1.807) is 30.1 Å². The number of aryl methyl sites for hydroxylation is 1. The molecule has 3 rings (SSSR count). The number of likely N-dealkylation sites (N-methyl/N-ethyl adjacent to an activating group) is 1. The molecule has 178 valence electrons. The van der Waals surface area contributed by atoms with Gasteiger partial charge in [0.1, 0.15) is 11.9 Å². The van der Waals surface area contributed by atoms with E-state index in [0.29, 0.717) is 12.1 Å². The Hall–Kier alpha value is -2.77. The van der Waals surface area contributed by atoms with Gasteiger partial charge in [0.05, 0.1) is 0 Å². The lowest BCUT2D eigenvalue weighted by Gasteiger charge is -2.27. The zero-order valence-electron chi connectivity index (χ0n) is 19.9. The second-order valence-electron chi connectivity index (χ2n) is 9.24. The Morgan fingerprint density at radius 2 is 1.91 bits per heavy atom. The molecule has 0 spiro atoms. The van der Waals surface area contributed by atoms with Crippen LogP contribution in [-0.4, -0.2) is 42.4 Å².